The van der Waals surface area contributed by atoms with Crippen molar-refractivity contribution in [3.63, 3.8) is 0 Å². The Kier molecular flexibility index (Phi) is 4.66. The second kappa shape index (κ2) is 7.06. The third-order valence-electron chi connectivity index (χ3n) is 3.68. The molecule has 2 aromatic rings. The molecule has 0 unspecified atom stereocenters. The van der Waals surface area contributed by atoms with Gasteiger partial charge in [0.25, 0.3) is 5.69 Å². The summed E-state index contributed by atoms with van der Waals surface area (Å²) in [5.74, 6) is 0.608. The number of methoxy groups -OCH3 is 2. The number of nitro benzene ring substituents is 1. The molecule has 0 N–H and O–H groups in total. The smallest absolute Gasteiger partial charge is 0.363 e. The van der Waals surface area contributed by atoms with Crippen molar-refractivity contribution in [2.45, 2.75) is 0 Å². The Morgan fingerprint density at radius 3 is 2.46 bits per heavy atom. The molecule has 0 fully saturated rings. The van der Waals surface area contributed by atoms with Gasteiger partial charge in [-0.05, 0) is 30.3 Å². The lowest BCUT2D eigenvalue weighted by Gasteiger charge is -2.07. The number of cyclic esters (lactones) is 1. The molecule has 132 valence electrons. The average Bonchev–Trinajstić information content (AvgIpc) is 3.02. The van der Waals surface area contributed by atoms with E-state index in [0.717, 1.165) is 0 Å². The highest BCUT2D eigenvalue weighted by atomic mass is 16.6. The van der Waals surface area contributed by atoms with Gasteiger partial charge in [-0.1, -0.05) is 0 Å². The molecule has 8 nitrogen and oxygen atoms in total. The van der Waals surface area contributed by atoms with Crippen molar-refractivity contribution in [3.05, 3.63) is 69.4 Å². The number of hydrogen-bond acceptors (Lipinski definition) is 7. The number of rotatable bonds is 5. The van der Waals surface area contributed by atoms with Gasteiger partial charge in [-0.15, -0.1) is 0 Å². The zero-order valence-electron chi connectivity index (χ0n) is 14.0. The minimum Gasteiger partial charge on any atom is -0.497 e. The van der Waals surface area contributed by atoms with Crippen LogP contribution in [0.1, 0.15) is 11.1 Å². The van der Waals surface area contributed by atoms with Crippen molar-refractivity contribution < 1.29 is 23.9 Å². The summed E-state index contributed by atoms with van der Waals surface area (Å²) in [6.45, 7) is 0. The number of hydrogen-bond donors (Lipinski definition) is 0. The van der Waals surface area contributed by atoms with Crippen LogP contribution in [0.2, 0.25) is 0 Å². The number of ether oxygens (including phenoxy) is 3. The molecular weight excluding hydrogens is 340 g/mol. The molecule has 0 amide bonds. The molecule has 1 aliphatic heterocycles. The topological polar surface area (TPSA) is 100 Å². The Bertz CT molecular complexity index is 931. The van der Waals surface area contributed by atoms with Gasteiger partial charge in [0.2, 0.25) is 5.90 Å². The Morgan fingerprint density at radius 1 is 1.12 bits per heavy atom. The van der Waals surface area contributed by atoms with E-state index in [-0.39, 0.29) is 17.3 Å². The SMILES string of the molecule is COc1ccc(/C=C2/N=C(c3ccc([N+](=O)[O-])cc3)OC2=O)c(OC)c1. The number of nitro groups is 1. The lowest BCUT2D eigenvalue weighted by atomic mass is 10.1. The fraction of sp³-hybridized carbons (Fsp3) is 0.111. The average molecular weight is 354 g/mol. The molecule has 0 radical (unpaired) electrons. The van der Waals surface area contributed by atoms with Gasteiger partial charge >= 0.3 is 5.97 Å². The Balaban J connectivity index is 1.92. The molecule has 8 heteroatoms. The van der Waals surface area contributed by atoms with E-state index < -0.39 is 10.9 Å². The van der Waals surface area contributed by atoms with Crippen molar-refractivity contribution in [3.8, 4) is 11.5 Å². The lowest BCUT2D eigenvalue weighted by Crippen LogP contribution is -2.05. The second-order valence-electron chi connectivity index (χ2n) is 5.25. The highest BCUT2D eigenvalue weighted by molar-refractivity contribution is 6.13. The van der Waals surface area contributed by atoms with E-state index in [4.69, 9.17) is 14.2 Å². The first-order chi connectivity index (χ1) is 12.5. The van der Waals surface area contributed by atoms with Gasteiger partial charge in [-0.3, -0.25) is 10.1 Å². The molecule has 1 heterocycles. The predicted molar refractivity (Wildman–Crippen MR) is 93.2 cm³/mol. The molecule has 0 bridgehead atoms. The molecule has 0 saturated heterocycles. The standard InChI is InChI=1S/C18H14N2O6/c1-24-14-8-5-12(16(10-14)25-2)9-15-18(21)26-17(19-15)11-3-6-13(7-4-11)20(22)23/h3-10H,1-2H3/b15-9+. The molecule has 0 saturated carbocycles. The number of esters is 1. The summed E-state index contributed by atoms with van der Waals surface area (Å²) in [6, 6.07) is 10.7. The third kappa shape index (κ3) is 3.39. The maximum Gasteiger partial charge on any atom is 0.363 e. The van der Waals surface area contributed by atoms with Crippen LogP contribution in [0.3, 0.4) is 0 Å². The summed E-state index contributed by atoms with van der Waals surface area (Å²) in [5.41, 5.74) is 1.14. The monoisotopic (exact) mass is 354 g/mol. The van der Waals surface area contributed by atoms with Gasteiger partial charge in [-0.2, -0.15) is 0 Å². The van der Waals surface area contributed by atoms with Crippen molar-refractivity contribution in [1.82, 2.24) is 0 Å². The third-order valence-corrected chi connectivity index (χ3v) is 3.68. The molecule has 0 aliphatic carbocycles. The summed E-state index contributed by atoms with van der Waals surface area (Å²) in [7, 11) is 3.05. The first kappa shape index (κ1) is 17.2. The van der Waals surface area contributed by atoms with Crippen molar-refractivity contribution in [1.29, 1.82) is 0 Å². The van der Waals surface area contributed by atoms with E-state index in [1.807, 2.05) is 0 Å². The number of nitrogens with zero attached hydrogens (tertiary/aromatic N) is 2. The van der Waals surface area contributed by atoms with E-state index in [2.05, 4.69) is 4.99 Å². The largest absolute Gasteiger partial charge is 0.497 e. The van der Waals surface area contributed by atoms with Crippen molar-refractivity contribution >= 4 is 23.6 Å². The molecule has 3 rings (SSSR count). The molecule has 2 aromatic carbocycles. The lowest BCUT2D eigenvalue weighted by molar-refractivity contribution is -0.384. The molecule has 26 heavy (non-hydrogen) atoms. The van der Waals surface area contributed by atoms with Gasteiger partial charge in [0.15, 0.2) is 5.70 Å². The van der Waals surface area contributed by atoms with Crippen LogP contribution in [0.15, 0.2) is 53.2 Å². The van der Waals surface area contributed by atoms with E-state index in [9.17, 15) is 14.9 Å². The first-order valence-electron chi connectivity index (χ1n) is 7.51. The summed E-state index contributed by atoms with van der Waals surface area (Å²) >= 11 is 0. The van der Waals surface area contributed by atoms with Gasteiger partial charge in [0.1, 0.15) is 11.5 Å². The van der Waals surface area contributed by atoms with E-state index in [0.29, 0.717) is 22.6 Å². The van der Waals surface area contributed by atoms with Crippen LogP contribution in [0, 0.1) is 10.1 Å². The maximum atomic E-state index is 12.1. The number of benzene rings is 2. The Morgan fingerprint density at radius 2 is 1.85 bits per heavy atom. The Hall–Kier alpha value is -3.68. The van der Waals surface area contributed by atoms with Crippen molar-refractivity contribution in [2.24, 2.45) is 4.99 Å². The zero-order chi connectivity index (χ0) is 18.7. The number of carbonyl (C=O) groups excluding carboxylic acids is 1. The zero-order valence-corrected chi connectivity index (χ0v) is 14.0. The van der Waals surface area contributed by atoms with Crippen LogP contribution in [0.4, 0.5) is 5.69 Å². The van der Waals surface area contributed by atoms with Crippen LogP contribution in [-0.4, -0.2) is 31.0 Å². The number of aliphatic imine (C=N–C) groups is 1. The van der Waals surface area contributed by atoms with E-state index in [1.54, 1.807) is 31.4 Å². The van der Waals surface area contributed by atoms with E-state index in [1.165, 1.54) is 31.4 Å². The fourth-order valence-corrected chi connectivity index (χ4v) is 2.34. The van der Waals surface area contributed by atoms with Gasteiger partial charge in [-0.25, -0.2) is 9.79 Å². The van der Waals surface area contributed by atoms with Gasteiger partial charge in [0.05, 0.1) is 19.1 Å². The minimum atomic E-state index is -0.615. The summed E-state index contributed by atoms with van der Waals surface area (Å²) in [6.07, 6.45) is 1.54. The highest BCUT2D eigenvalue weighted by Gasteiger charge is 2.25. The molecule has 0 atom stereocenters. The summed E-state index contributed by atoms with van der Waals surface area (Å²) in [5, 5.41) is 10.7. The maximum absolute atomic E-state index is 12.1. The van der Waals surface area contributed by atoms with Crippen LogP contribution in [0.25, 0.3) is 6.08 Å². The van der Waals surface area contributed by atoms with Gasteiger partial charge in [0, 0.05) is 29.3 Å². The molecule has 1 aliphatic rings. The normalized spacial score (nSPS) is 14.8. The summed E-state index contributed by atoms with van der Waals surface area (Å²) < 4.78 is 15.6. The van der Waals surface area contributed by atoms with Crippen LogP contribution in [0.5, 0.6) is 11.5 Å². The van der Waals surface area contributed by atoms with Gasteiger partial charge < -0.3 is 14.2 Å². The summed E-state index contributed by atoms with van der Waals surface area (Å²) in [4.78, 5) is 26.5. The van der Waals surface area contributed by atoms with E-state index >= 15 is 0 Å². The second-order valence-corrected chi connectivity index (χ2v) is 5.25. The molecule has 0 aromatic heterocycles. The van der Waals surface area contributed by atoms with Crippen LogP contribution in [-0.2, 0) is 9.53 Å². The Labute approximate surface area is 148 Å². The first-order valence-corrected chi connectivity index (χ1v) is 7.51. The molecular formula is C18H14N2O6. The van der Waals surface area contributed by atoms with Crippen LogP contribution < -0.4 is 9.47 Å². The fourth-order valence-electron chi connectivity index (χ4n) is 2.34. The van der Waals surface area contributed by atoms with Crippen molar-refractivity contribution in [2.75, 3.05) is 14.2 Å². The van der Waals surface area contributed by atoms with Crippen LogP contribution >= 0.6 is 0 Å². The minimum absolute atomic E-state index is 0.0580. The molecule has 0 spiro atoms. The number of carbonyl (C=O) groups is 1. The highest BCUT2D eigenvalue weighted by Crippen LogP contribution is 2.28. The predicted octanol–water partition coefficient (Wildman–Crippen LogP) is 2.96. The number of non-ortho nitro benzene ring substituents is 1. The quantitative estimate of drug-likeness (QED) is 0.354.